The number of halogens is 4. The SMILES string of the molecule is CCOC(CNCc1cc(Br)c(C(=O)c2cc(F)ccc2Cl)c(Br)c1N)OCC. The van der Waals surface area contributed by atoms with Crippen molar-refractivity contribution in [3.63, 3.8) is 0 Å². The lowest BCUT2D eigenvalue weighted by atomic mass is 10.0. The number of ketones is 1. The molecule has 0 saturated heterocycles. The van der Waals surface area contributed by atoms with E-state index in [9.17, 15) is 9.18 Å². The zero-order valence-corrected chi connectivity index (χ0v) is 20.0. The van der Waals surface area contributed by atoms with Crippen LogP contribution in [0.15, 0.2) is 33.2 Å². The third kappa shape index (κ3) is 6.23. The minimum absolute atomic E-state index is 0.0645. The molecule has 29 heavy (non-hydrogen) atoms. The molecule has 0 aliphatic carbocycles. The van der Waals surface area contributed by atoms with Crippen LogP contribution in [0.4, 0.5) is 10.1 Å². The fourth-order valence-electron chi connectivity index (χ4n) is 2.71. The van der Waals surface area contributed by atoms with Gasteiger partial charge in [0.05, 0.1) is 20.7 Å². The summed E-state index contributed by atoms with van der Waals surface area (Å²) in [5.41, 5.74) is 7.76. The summed E-state index contributed by atoms with van der Waals surface area (Å²) >= 11 is 12.9. The Balaban J connectivity index is 2.23. The highest BCUT2D eigenvalue weighted by Crippen LogP contribution is 2.36. The summed E-state index contributed by atoms with van der Waals surface area (Å²) < 4.78 is 25.5. The van der Waals surface area contributed by atoms with Gasteiger partial charge in [0, 0.05) is 36.3 Å². The Hall–Kier alpha value is -1.03. The standard InChI is InChI=1S/C20H22Br2ClFN2O3/c1-3-28-16(29-4-2)10-26-9-11-7-14(21)17(18(22)19(11)25)20(27)13-8-12(24)5-6-15(13)23/h5-8,16,26H,3-4,9-10,25H2,1-2H3. The summed E-state index contributed by atoms with van der Waals surface area (Å²) in [5.74, 6) is -0.982. The number of carbonyl (C=O) groups excluding carboxylic acids is 1. The van der Waals surface area contributed by atoms with E-state index in [1.54, 1.807) is 6.07 Å². The summed E-state index contributed by atoms with van der Waals surface area (Å²) in [5, 5.41) is 3.40. The molecular formula is C20H22Br2ClFN2O3. The molecule has 0 saturated carbocycles. The van der Waals surface area contributed by atoms with Crippen LogP contribution < -0.4 is 11.1 Å². The van der Waals surface area contributed by atoms with E-state index >= 15 is 0 Å². The minimum Gasteiger partial charge on any atom is -0.398 e. The molecule has 0 aliphatic heterocycles. The molecule has 2 aromatic carbocycles. The van der Waals surface area contributed by atoms with Crippen LogP contribution in [0, 0.1) is 5.82 Å². The van der Waals surface area contributed by atoms with E-state index in [0.29, 0.717) is 40.9 Å². The molecule has 5 nitrogen and oxygen atoms in total. The van der Waals surface area contributed by atoms with Crippen molar-refractivity contribution in [1.82, 2.24) is 5.32 Å². The van der Waals surface area contributed by atoms with E-state index in [0.717, 1.165) is 11.6 Å². The Kier molecular flexibility index (Phi) is 9.52. The quantitative estimate of drug-likeness (QED) is 0.238. The molecule has 9 heteroatoms. The summed E-state index contributed by atoms with van der Waals surface area (Å²) in [6.07, 6.45) is -0.353. The fourth-order valence-corrected chi connectivity index (χ4v) is 4.48. The number of ether oxygens (including phenoxy) is 2. The Labute approximate surface area is 191 Å². The van der Waals surface area contributed by atoms with Gasteiger partial charge in [-0.15, -0.1) is 0 Å². The second-order valence-corrected chi connectivity index (χ2v) is 8.10. The number of carbonyl (C=O) groups is 1. The van der Waals surface area contributed by atoms with Crippen molar-refractivity contribution in [2.24, 2.45) is 0 Å². The molecule has 2 aromatic rings. The summed E-state index contributed by atoms with van der Waals surface area (Å²) in [6.45, 7) is 5.82. The van der Waals surface area contributed by atoms with Gasteiger partial charge >= 0.3 is 0 Å². The Morgan fingerprint density at radius 3 is 2.52 bits per heavy atom. The number of rotatable bonds is 10. The molecule has 0 bridgehead atoms. The molecule has 0 amide bonds. The number of anilines is 1. The monoisotopic (exact) mass is 550 g/mol. The normalized spacial score (nSPS) is 11.3. The first-order valence-electron chi connectivity index (χ1n) is 9.00. The average Bonchev–Trinajstić information content (AvgIpc) is 2.67. The number of hydrogen-bond acceptors (Lipinski definition) is 5. The van der Waals surface area contributed by atoms with Crippen molar-refractivity contribution in [1.29, 1.82) is 0 Å². The van der Waals surface area contributed by atoms with Crippen LogP contribution in [0.5, 0.6) is 0 Å². The van der Waals surface area contributed by atoms with Gasteiger partial charge in [-0.2, -0.15) is 0 Å². The molecule has 3 N–H and O–H groups in total. The lowest BCUT2D eigenvalue weighted by Gasteiger charge is -2.19. The first kappa shape index (κ1) is 24.2. The summed E-state index contributed by atoms with van der Waals surface area (Å²) in [4.78, 5) is 13.0. The predicted octanol–water partition coefficient (Wildman–Crippen LogP) is 5.31. The van der Waals surface area contributed by atoms with Gasteiger partial charge in [-0.1, -0.05) is 11.6 Å². The van der Waals surface area contributed by atoms with Gasteiger partial charge in [0.15, 0.2) is 12.1 Å². The van der Waals surface area contributed by atoms with Crippen LogP contribution in [-0.4, -0.2) is 31.8 Å². The molecule has 2 rings (SSSR count). The van der Waals surface area contributed by atoms with Gasteiger partial charge in [0.2, 0.25) is 0 Å². The highest BCUT2D eigenvalue weighted by molar-refractivity contribution is 9.11. The number of nitrogen functional groups attached to an aromatic ring is 1. The Bertz CT molecular complexity index is 877. The van der Waals surface area contributed by atoms with Crippen molar-refractivity contribution in [3.8, 4) is 0 Å². The van der Waals surface area contributed by atoms with Gasteiger partial charge in [0.25, 0.3) is 0 Å². The molecule has 0 spiro atoms. The van der Waals surface area contributed by atoms with Crippen LogP contribution in [-0.2, 0) is 16.0 Å². The third-order valence-electron chi connectivity index (χ3n) is 4.07. The average molecular weight is 553 g/mol. The molecule has 0 heterocycles. The number of nitrogens with two attached hydrogens (primary N) is 1. The summed E-state index contributed by atoms with van der Waals surface area (Å²) in [6, 6.07) is 5.41. The topological polar surface area (TPSA) is 73.6 Å². The van der Waals surface area contributed by atoms with Crippen molar-refractivity contribution < 1.29 is 18.7 Å². The van der Waals surface area contributed by atoms with E-state index in [1.807, 2.05) is 13.8 Å². The van der Waals surface area contributed by atoms with Gasteiger partial charge in [0.1, 0.15) is 5.82 Å². The lowest BCUT2D eigenvalue weighted by molar-refractivity contribution is -0.133. The fraction of sp³-hybridized carbons (Fsp3) is 0.350. The lowest BCUT2D eigenvalue weighted by Crippen LogP contribution is -2.31. The molecule has 0 atom stereocenters. The Morgan fingerprint density at radius 2 is 1.90 bits per heavy atom. The van der Waals surface area contributed by atoms with E-state index in [4.69, 9.17) is 26.8 Å². The molecular weight excluding hydrogens is 530 g/mol. The second kappa shape index (κ2) is 11.4. The van der Waals surface area contributed by atoms with Gasteiger partial charge < -0.3 is 20.5 Å². The molecule has 0 radical (unpaired) electrons. The van der Waals surface area contributed by atoms with Crippen molar-refractivity contribution in [2.75, 3.05) is 25.5 Å². The van der Waals surface area contributed by atoms with Crippen LogP contribution in [0.1, 0.15) is 35.3 Å². The molecule has 0 fully saturated rings. The summed E-state index contributed by atoms with van der Waals surface area (Å²) in [7, 11) is 0. The maximum Gasteiger partial charge on any atom is 0.196 e. The largest absolute Gasteiger partial charge is 0.398 e. The number of benzene rings is 2. The van der Waals surface area contributed by atoms with E-state index in [1.165, 1.54) is 12.1 Å². The van der Waals surface area contributed by atoms with Gasteiger partial charge in [-0.25, -0.2) is 4.39 Å². The molecule has 0 aliphatic rings. The smallest absolute Gasteiger partial charge is 0.196 e. The van der Waals surface area contributed by atoms with Gasteiger partial charge in [-0.05, 0) is 75.5 Å². The van der Waals surface area contributed by atoms with Crippen LogP contribution >= 0.6 is 43.5 Å². The van der Waals surface area contributed by atoms with E-state index < -0.39 is 11.6 Å². The van der Waals surface area contributed by atoms with E-state index in [-0.39, 0.29) is 22.4 Å². The molecule has 0 aromatic heterocycles. The molecule has 158 valence electrons. The van der Waals surface area contributed by atoms with Gasteiger partial charge in [-0.3, -0.25) is 4.79 Å². The minimum atomic E-state index is -0.545. The van der Waals surface area contributed by atoms with Crippen molar-refractivity contribution in [2.45, 2.75) is 26.7 Å². The first-order chi connectivity index (χ1) is 13.8. The third-order valence-corrected chi connectivity index (χ3v) is 5.85. The second-order valence-electron chi connectivity index (χ2n) is 6.04. The maximum atomic E-state index is 13.6. The predicted molar refractivity (Wildman–Crippen MR) is 120 cm³/mol. The zero-order valence-electron chi connectivity index (χ0n) is 16.0. The van der Waals surface area contributed by atoms with Crippen molar-refractivity contribution in [3.05, 3.63) is 60.7 Å². The molecule has 0 unspecified atom stereocenters. The van der Waals surface area contributed by atoms with Crippen LogP contribution in [0.2, 0.25) is 5.02 Å². The number of nitrogens with one attached hydrogen (secondary N) is 1. The van der Waals surface area contributed by atoms with Crippen LogP contribution in [0.3, 0.4) is 0 Å². The van der Waals surface area contributed by atoms with Crippen molar-refractivity contribution >= 4 is 54.9 Å². The first-order valence-corrected chi connectivity index (χ1v) is 11.0. The van der Waals surface area contributed by atoms with E-state index in [2.05, 4.69) is 37.2 Å². The maximum absolute atomic E-state index is 13.6. The zero-order chi connectivity index (χ0) is 21.6. The van der Waals surface area contributed by atoms with Crippen LogP contribution in [0.25, 0.3) is 0 Å². The number of hydrogen-bond donors (Lipinski definition) is 2. The Morgan fingerprint density at radius 1 is 1.24 bits per heavy atom. The highest BCUT2D eigenvalue weighted by Gasteiger charge is 2.23. The highest BCUT2D eigenvalue weighted by atomic mass is 79.9.